The van der Waals surface area contributed by atoms with Gasteiger partial charge in [0.1, 0.15) is 13.1 Å². The number of urea groups is 2. The van der Waals surface area contributed by atoms with Gasteiger partial charge in [-0.05, 0) is 0 Å². The van der Waals surface area contributed by atoms with Gasteiger partial charge in [0.25, 0.3) is 0 Å². The molecule has 0 saturated carbocycles. The first kappa shape index (κ1) is 12.6. The van der Waals surface area contributed by atoms with E-state index in [4.69, 9.17) is 0 Å². The van der Waals surface area contributed by atoms with E-state index in [0.29, 0.717) is 0 Å². The maximum Gasteiger partial charge on any atom is 0.334 e. The number of imide groups is 2. The number of rotatable bonds is 0. The second-order valence-electron chi connectivity index (χ2n) is 2.82. The fraction of sp³-hybridized carbons (Fsp3) is 0.333. The van der Waals surface area contributed by atoms with E-state index in [9.17, 15) is 19.2 Å². The third kappa shape index (κ3) is 3.31. The van der Waals surface area contributed by atoms with Crippen LogP contribution in [-0.4, -0.2) is 45.6 Å². The maximum absolute atomic E-state index is 10.3. The Balaban J connectivity index is 0.000000160. The molecule has 88 valence electrons. The Morgan fingerprint density at radius 2 is 1.12 bits per heavy atom. The van der Waals surface area contributed by atoms with Crippen molar-refractivity contribution >= 4 is 49.5 Å². The number of hydrogen-bond donors (Lipinski definition) is 4. The average molecular weight is 264 g/mol. The van der Waals surface area contributed by atoms with E-state index in [0.717, 1.165) is 8.61 Å². The van der Waals surface area contributed by atoms with Crippen molar-refractivity contribution in [2.24, 2.45) is 0 Å². The summed E-state index contributed by atoms with van der Waals surface area (Å²) in [5.41, 5.74) is 0. The van der Waals surface area contributed by atoms with Crippen LogP contribution in [0.5, 0.6) is 0 Å². The van der Waals surface area contributed by atoms with Crippen LogP contribution >= 0.6 is 25.6 Å². The van der Waals surface area contributed by atoms with Gasteiger partial charge in [-0.3, -0.25) is 28.8 Å². The van der Waals surface area contributed by atoms with Crippen LogP contribution in [0.25, 0.3) is 0 Å². The largest absolute Gasteiger partial charge is 0.334 e. The Kier molecular flexibility index (Phi) is 4.01. The van der Waals surface area contributed by atoms with Crippen LogP contribution in [0.4, 0.5) is 9.59 Å². The van der Waals surface area contributed by atoms with Gasteiger partial charge in [0, 0.05) is 0 Å². The van der Waals surface area contributed by atoms with Gasteiger partial charge in [0.15, 0.2) is 0 Å². The number of hydrogen-bond acceptors (Lipinski definition) is 6. The summed E-state index contributed by atoms with van der Waals surface area (Å²) >= 11 is 7.29. The molecule has 2 fully saturated rings. The van der Waals surface area contributed by atoms with Gasteiger partial charge < -0.3 is 0 Å². The molecule has 2 rings (SSSR count). The van der Waals surface area contributed by atoms with Gasteiger partial charge in [-0.25, -0.2) is 9.59 Å². The summed E-state index contributed by atoms with van der Waals surface area (Å²) in [5.74, 6) is -0.602. The minimum Gasteiger partial charge on any atom is -0.276 e. The monoisotopic (exact) mass is 264 g/mol. The summed E-state index contributed by atoms with van der Waals surface area (Å²) in [4.78, 5) is 41.1. The van der Waals surface area contributed by atoms with Crippen molar-refractivity contribution in [2.45, 2.75) is 0 Å². The van der Waals surface area contributed by atoms with Crippen molar-refractivity contribution in [3.05, 3.63) is 0 Å². The first-order valence-corrected chi connectivity index (χ1v) is 4.80. The molecule has 0 unspecified atom stereocenters. The number of carbonyl (C=O) groups is 4. The summed E-state index contributed by atoms with van der Waals surface area (Å²) in [6.45, 7) is 0.115. The minimum absolute atomic E-state index is 0.0575. The van der Waals surface area contributed by atoms with E-state index in [1.807, 2.05) is 10.6 Å². The molecule has 16 heavy (non-hydrogen) atoms. The van der Waals surface area contributed by atoms with E-state index >= 15 is 0 Å². The second-order valence-corrected chi connectivity index (χ2v) is 3.79. The molecular weight excluding hydrogens is 256 g/mol. The molecule has 2 N–H and O–H groups in total. The number of thiol groups is 2. The molecule has 2 aliphatic rings. The van der Waals surface area contributed by atoms with Crippen LogP contribution in [-0.2, 0) is 9.59 Å². The molecule has 0 spiro atoms. The Morgan fingerprint density at radius 1 is 0.812 bits per heavy atom. The van der Waals surface area contributed by atoms with Gasteiger partial charge in [-0.15, -0.1) is 0 Å². The molecule has 10 heteroatoms. The molecule has 2 heterocycles. The minimum atomic E-state index is -0.446. The maximum atomic E-state index is 10.3. The van der Waals surface area contributed by atoms with Gasteiger partial charge in [0.05, 0.1) is 0 Å². The van der Waals surface area contributed by atoms with Crippen molar-refractivity contribution < 1.29 is 19.2 Å². The topological polar surface area (TPSA) is 98.8 Å². The van der Waals surface area contributed by atoms with Gasteiger partial charge in [-0.2, -0.15) is 0 Å². The fourth-order valence-corrected chi connectivity index (χ4v) is 1.22. The van der Waals surface area contributed by atoms with Crippen LogP contribution in [0, 0.1) is 0 Å². The highest BCUT2D eigenvalue weighted by molar-refractivity contribution is 7.78. The lowest BCUT2D eigenvalue weighted by Gasteiger charge is -1.97. The predicted octanol–water partition coefficient (Wildman–Crippen LogP) is -1.23. The summed E-state index contributed by atoms with van der Waals surface area (Å²) in [7, 11) is 0. The highest BCUT2D eigenvalue weighted by Gasteiger charge is 2.23. The predicted molar refractivity (Wildman–Crippen MR) is 58.5 cm³/mol. The van der Waals surface area contributed by atoms with Crippen LogP contribution in [0.3, 0.4) is 0 Å². The van der Waals surface area contributed by atoms with E-state index in [1.54, 1.807) is 0 Å². The molecule has 6 amide bonds. The highest BCUT2D eigenvalue weighted by Crippen LogP contribution is 1.99. The lowest BCUT2D eigenvalue weighted by Crippen LogP contribution is -2.21. The van der Waals surface area contributed by atoms with Crippen molar-refractivity contribution in [1.82, 2.24) is 19.2 Å². The quantitative estimate of drug-likeness (QED) is 0.325. The number of amides is 6. The molecule has 0 aromatic rings. The zero-order chi connectivity index (χ0) is 12.3. The summed E-state index contributed by atoms with van der Waals surface area (Å²) in [6, 6.07) is -0.892. The lowest BCUT2D eigenvalue weighted by atomic mass is 10.7. The summed E-state index contributed by atoms with van der Waals surface area (Å²) in [5, 5.41) is 4.08. The third-order valence-corrected chi connectivity index (χ3v) is 2.19. The molecule has 2 aliphatic heterocycles. The van der Waals surface area contributed by atoms with E-state index < -0.39 is 12.1 Å². The first-order chi connectivity index (χ1) is 7.40. The average Bonchev–Trinajstić information content (AvgIpc) is 2.58. The molecule has 0 aromatic carbocycles. The molecule has 0 bridgehead atoms. The number of nitrogens with one attached hydrogen (secondary N) is 2. The zero-order valence-electron chi connectivity index (χ0n) is 7.84. The summed E-state index contributed by atoms with van der Waals surface area (Å²) in [6.07, 6.45) is 0. The Morgan fingerprint density at radius 3 is 1.19 bits per heavy atom. The van der Waals surface area contributed by atoms with Crippen LogP contribution in [0.1, 0.15) is 0 Å². The fourth-order valence-electron chi connectivity index (χ4n) is 0.862. The van der Waals surface area contributed by atoms with Crippen LogP contribution in [0.15, 0.2) is 0 Å². The van der Waals surface area contributed by atoms with E-state index in [1.165, 1.54) is 0 Å². The normalized spacial score (nSPS) is 19.4. The van der Waals surface area contributed by atoms with Crippen LogP contribution < -0.4 is 10.6 Å². The van der Waals surface area contributed by atoms with Crippen molar-refractivity contribution in [2.75, 3.05) is 13.1 Å². The van der Waals surface area contributed by atoms with Crippen LogP contribution in [0.2, 0.25) is 0 Å². The Hall–Kier alpha value is -1.42. The Bertz CT molecular complexity index is 326. The number of nitrogens with zero attached hydrogens (tertiary/aromatic N) is 2. The van der Waals surface area contributed by atoms with Gasteiger partial charge in [-0.1, -0.05) is 25.6 Å². The smallest absolute Gasteiger partial charge is 0.276 e. The van der Waals surface area contributed by atoms with Crippen molar-refractivity contribution in [1.29, 1.82) is 0 Å². The molecule has 0 aliphatic carbocycles. The molecular formula is C6H8N4O4S2. The SMILES string of the molecule is O=C1CN(S)C(=O)N1.O=C1CN(S)C(=O)N1. The third-order valence-electron chi connectivity index (χ3n) is 1.55. The molecule has 2 saturated heterocycles. The standard InChI is InChI=1S/2C3H4N2O2S/c2*6-2-1-5(8)3(7)4-2/h2*8H,1H2,(H,4,6,7). The number of carbonyl (C=O) groups excluding carboxylic acids is 4. The second kappa shape index (κ2) is 5.07. The van der Waals surface area contributed by atoms with Crippen molar-refractivity contribution in [3.8, 4) is 0 Å². The molecule has 0 radical (unpaired) electrons. The van der Waals surface area contributed by atoms with E-state index in [2.05, 4.69) is 25.6 Å². The van der Waals surface area contributed by atoms with Crippen molar-refractivity contribution in [3.63, 3.8) is 0 Å². The lowest BCUT2D eigenvalue weighted by molar-refractivity contribution is -0.118. The molecule has 0 atom stereocenters. The van der Waals surface area contributed by atoms with Gasteiger partial charge >= 0.3 is 12.1 Å². The Labute approximate surface area is 101 Å². The molecule has 8 nitrogen and oxygen atoms in total. The molecule has 0 aromatic heterocycles. The highest BCUT2D eigenvalue weighted by atomic mass is 32.1. The zero-order valence-corrected chi connectivity index (χ0v) is 9.62. The van der Waals surface area contributed by atoms with E-state index in [-0.39, 0.29) is 24.9 Å². The van der Waals surface area contributed by atoms with Gasteiger partial charge in [0.2, 0.25) is 11.8 Å². The summed E-state index contributed by atoms with van der Waals surface area (Å²) < 4.78 is 2.03. The first-order valence-electron chi connectivity index (χ1n) is 4.00.